The molecule has 46 heavy (non-hydrogen) atoms. The molecular formula is C32H35F6N5O3. The summed E-state index contributed by atoms with van der Waals surface area (Å²) in [5.41, 5.74) is -2.98. The molecular weight excluding hydrogens is 616 g/mol. The number of aromatic nitrogens is 2. The maximum absolute atomic E-state index is 14.1. The van der Waals surface area contributed by atoms with Crippen LogP contribution in [0.15, 0.2) is 48.9 Å². The van der Waals surface area contributed by atoms with Crippen molar-refractivity contribution < 1.29 is 41.0 Å². The molecule has 2 aliphatic heterocycles. The SMILES string of the molecule is Cc1ccncc1-c1cc(N2CC3COCCN3C[C@H]2CO)ncc1N(C)C(=O)C(C)(C)c1cc(C(F)(F)F)cc(C(F)(F)F)c1. The minimum absolute atomic E-state index is 0.0403. The van der Waals surface area contributed by atoms with Gasteiger partial charge < -0.3 is 19.6 Å². The minimum atomic E-state index is -5.06. The van der Waals surface area contributed by atoms with Crippen LogP contribution >= 0.6 is 0 Å². The van der Waals surface area contributed by atoms with Crippen molar-refractivity contribution in [3.05, 3.63) is 71.2 Å². The van der Waals surface area contributed by atoms with Gasteiger partial charge in [0.25, 0.3) is 0 Å². The second-order valence-corrected chi connectivity index (χ2v) is 12.2. The van der Waals surface area contributed by atoms with E-state index in [1.807, 2.05) is 11.8 Å². The number of benzene rings is 1. The molecule has 2 aromatic heterocycles. The number of piperazine rings is 1. The number of anilines is 2. The number of nitrogens with zero attached hydrogens (tertiary/aromatic N) is 5. The number of aliphatic hydroxyl groups is 1. The van der Waals surface area contributed by atoms with Crippen molar-refractivity contribution in [2.24, 2.45) is 0 Å². The Labute approximate surface area is 262 Å². The summed E-state index contributed by atoms with van der Waals surface area (Å²) < 4.78 is 87.6. The highest BCUT2D eigenvalue weighted by molar-refractivity contribution is 6.03. The summed E-state index contributed by atoms with van der Waals surface area (Å²) in [6.45, 7) is 7.31. The summed E-state index contributed by atoms with van der Waals surface area (Å²) in [6.07, 6.45) is -5.45. The summed E-state index contributed by atoms with van der Waals surface area (Å²) in [4.78, 5) is 28.4. The quantitative estimate of drug-likeness (QED) is 0.362. The van der Waals surface area contributed by atoms with Gasteiger partial charge in [0.05, 0.1) is 60.3 Å². The molecule has 5 rings (SSSR count). The third-order valence-corrected chi connectivity index (χ3v) is 8.86. The number of morpholine rings is 1. The van der Waals surface area contributed by atoms with Gasteiger partial charge in [0.2, 0.25) is 5.91 Å². The normalized spacial score (nSPS) is 19.6. The number of ether oxygens (including phenoxy) is 1. The average Bonchev–Trinajstić information content (AvgIpc) is 3.02. The van der Waals surface area contributed by atoms with Crippen LogP contribution in [0.1, 0.15) is 36.1 Å². The van der Waals surface area contributed by atoms with Crippen LogP contribution in [-0.4, -0.2) is 84.5 Å². The van der Waals surface area contributed by atoms with Crippen molar-refractivity contribution in [1.82, 2.24) is 14.9 Å². The van der Waals surface area contributed by atoms with E-state index >= 15 is 0 Å². The lowest BCUT2D eigenvalue weighted by Gasteiger charge is -2.48. The number of alkyl halides is 6. The number of hydrogen-bond acceptors (Lipinski definition) is 7. The van der Waals surface area contributed by atoms with Crippen LogP contribution in [0.2, 0.25) is 0 Å². The molecule has 1 unspecified atom stereocenters. The molecule has 0 aliphatic carbocycles. The second-order valence-electron chi connectivity index (χ2n) is 12.2. The molecule has 248 valence electrons. The third-order valence-electron chi connectivity index (χ3n) is 8.86. The zero-order chi connectivity index (χ0) is 33.6. The number of halogens is 6. The Bertz CT molecular complexity index is 1560. The Morgan fingerprint density at radius 3 is 2.26 bits per heavy atom. The van der Waals surface area contributed by atoms with E-state index in [2.05, 4.69) is 14.9 Å². The maximum Gasteiger partial charge on any atom is 0.416 e. The van der Waals surface area contributed by atoms with Gasteiger partial charge >= 0.3 is 12.4 Å². The van der Waals surface area contributed by atoms with Crippen molar-refractivity contribution in [1.29, 1.82) is 0 Å². The van der Waals surface area contributed by atoms with Crippen LogP contribution in [-0.2, 0) is 27.3 Å². The van der Waals surface area contributed by atoms with Crippen molar-refractivity contribution in [2.75, 3.05) is 56.3 Å². The van der Waals surface area contributed by atoms with E-state index in [9.17, 15) is 36.2 Å². The first kappa shape index (κ1) is 33.6. The standard InChI is InChI=1S/C32H35F6N5O3/c1-19-5-6-39-13-26(19)25-12-28(43-16-24-18-46-8-7-42(24)15-23(43)17-44)40-14-27(25)41(4)29(45)30(2,3)20-9-21(31(33,34)35)11-22(10-20)32(36,37)38/h5-6,9-14,23-24,44H,7-8,15-18H2,1-4H3/t23-,24?/m0/s1. The molecule has 14 heteroatoms. The van der Waals surface area contributed by atoms with Crippen LogP contribution < -0.4 is 9.80 Å². The van der Waals surface area contributed by atoms with Gasteiger partial charge in [-0.3, -0.25) is 14.7 Å². The Morgan fingerprint density at radius 1 is 1.00 bits per heavy atom. The fourth-order valence-corrected chi connectivity index (χ4v) is 6.07. The predicted molar refractivity (Wildman–Crippen MR) is 159 cm³/mol. The van der Waals surface area contributed by atoms with E-state index in [0.717, 1.165) is 12.1 Å². The highest BCUT2D eigenvalue weighted by atomic mass is 19.4. The molecule has 2 aliphatic rings. The van der Waals surface area contributed by atoms with Crippen LogP contribution in [0.4, 0.5) is 37.8 Å². The first-order valence-corrected chi connectivity index (χ1v) is 14.7. The number of carbonyl (C=O) groups is 1. The molecule has 8 nitrogen and oxygen atoms in total. The Kier molecular flexibility index (Phi) is 9.10. The van der Waals surface area contributed by atoms with Crippen LogP contribution in [0.5, 0.6) is 0 Å². The molecule has 2 fully saturated rings. The monoisotopic (exact) mass is 651 g/mol. The summed E-state index contributed by atoms with van der Waals surface area (Å²) in [6, 6.07) is 4.57. The lowest BCUT2D eigenvalue weighted by Crippen LogP contribution is -2.63. The summed E-state index contributed by atoms with van der Waals surface area (Å²) in [5.74, 6) is -0.224. The molecule has 3 aromatic rings. The first-order valence-electron chi connectivity index (χ1n) is 14.7. The van der Waals surface area contributed by atoms with Gasteiger partial charge in [-0.2, -0.15) is 26.3 Å². The number of aliphatic hydroxyl groups excluding tert-OH is 1. The van der Waals surface area contributed by atoms with Gasteiger partial charge in [-0.25, -0.2) is 4.98 Å². The topological polar surface area (TPSA) is 82.0 Å². The third kappa shape index (κ3) is 6.56. The van der Waals surface area contributed by atoms with E-state index < -0.39 is 40.4 Å². The van der Waals surface area contributed by atoms with E-state index in [4.69, 9.17) is 4.74 Å². The second kappa shape index (κ2) is 12.5. The largest absolute Gasteiger partial charge is 0.416 e. The van der Waals surface area contributed by atoms with E-state index in [-0.39, 0.29) is 30.4 Å². The molecule has 2 saturated heterocycles. The zero-order valence-electron chi connectivity index (χ0n) is 25.8. The molecule has 0 spiro atoms. The first-order chi connectivity index (χ1) is 21.5. The number of amides is 1. The number of pyridine rings is 2. The maximum atomic E-state index is 14.1. The predicted octanol–water partition coefficient (Wildman–Crippen LogP) is 5.31. The Morgan fingerprint density at radius 2 is 1.65 bits per heavy atom. The fraction of sp³-hybridized carbons (Fsp3) is 0.469. The number of fused-ring (bicyclic) bond motifs is 1. The van der Waals surface area contributed by atoms with Gasteiger partial charge in [0.1, 0.15) is 5.82 Å². The highest BCUT2D eigenvalue weighted by Gasteiger charge is 2.42. The summed E-state index contributed by atoms with van der Waals surface area (Å²) in [7, 11) is 1.41. The van der Waals surface area contributed by atoms with Crippen molar-refractivity contribution in [3.8, 4) is 11.1 Å². The molecule has 0 saturated carbocycles. The van der Waals surface area contributed by atoms with Gasteiger partial charge in [-0.05, 0) is 62.2 Å². The summed E-state index contributed by atoms with van der Waals surface area (Å²) in [5, 5.41) is 10.3. The Hall–Kier alpha value is -3.75. The average molecular weight is 652 g/mol. The zero-order valence-corrected chi connectivity index (χ0v) is 25.8. The Balaban J connectivity index is 1.57. The van der Waals surface area contributed by atoms with Crippen molar-refractivity contribution in [2.45, 2.75) is 50.6 Å². The smallest absolute Gasteiger partial charge is 0.394 e. The molecule has 1 amide bonds. The van der Waals surface area contributed by atoms with Gasteiger partial charge in [-0.1, -0.05) is 0 Å². The number of aryl methyl sites for hydroxylation is 1. The molecule has 0 bridgehead atoms. The van der Waals surface area contributed by atoms with Gasteiger partial charge in [-0.15, -0.1) is 0 Å². The fourth-order valence-electron chi connectivity index (χ4n) is 6.07. The number of likely N-dealkylation sites (N-methyl/N-ethyl adjacent to an activating group) is 1. The number of hydrogen-bond donors (Lipinski definition) is 1. The molecule has 1 N–H and O–H groups in total. The van der Waals surface area contributed by atoms with Gasteiger partial charge in [0.15, 0.2) is 0 Å². The van der Waals surface area contributed by atoms with Crippen LogP contribution in [0.3, 0.4) is 0 Å². The number of rotatable bonds is 6. The highest BCUT2D eigenvalue weighted by Crippen LogP contribution is 2.41. The van der Waals surface area contributed by atoms with E-state index in [1.165, 1.54) is 32.0 Å². The minimum Gasteiger partial charge on any atom is -0.394 e. The van der Waals surface area contributed by atoms with Crippen LogP contribution in [0.25, 0.3) is 11.1 Å². The lowest BCUT2D eigenvalue weighted by molar-refractivity contribution is -0.143. The van der Waals surface area contributed by atoms with E-state index in [0.29, 0.717) is 55.4 Å². The molecule has 0 radical (unpaired) electrons. The van der Waals surface area contributed by atoms with Crippen LogP contribution in [0, 0.1) is 6.92 Å². The molecule has 4 heterocycles. The van der Waals surface area contributed by atoms with Gasteiger partial charge in [0, 0.05) is 50.2 Å². The van der Waals surface area contributed by atoms with Crippen molar-refractivity contribution >= 4 is 17.4 Å². The van der Waals surface area contributed by atoms with Crippen molar-refractivity contribution in [3.63, 3.8) is 0 Å². The lowest BCUT2D eigenvalue weighted by atomic mass is 9.81. The number of carbonyl (C=O) groups excluding carboxylic acids is 1. The summed E-state index contributed by atoms with van der Waals surface area (Å²) >= 11 is 0. The van der Waals surface area contributed by atoms with E-state index in [1.54, 1.807) is 24.5 Å². The molecule has 1 aromatic carbocycles. The molecule has 2 atom stereocenters.